The van der Waals surface area contributed by atoms with Crippen LogP contribution in [0.3, 0.4) is 0 Å². The number of rotatable bonds is 4. The van der Waals surface area contributed by atoms with E-state index in [1.165, 1.54) is 24.0 Å². The maximum absolute atomic E-state index is 11.0. The number of likely N-dealkylation sites (tertiary alicyclic amines) is 1. The third-order valence-electron chi connectivity index (χ3n) is 6.46. The van der Waals surface area contributed by atoms with Crippen LogP contribution in [0.5, 0.6) is 0 Å². The Bertz CT molecular complexity index is 757. The van der Waals surface area contributed by atoms with E-state index in [1.807, 2.05) is 27.7 Å². The molecule has 31 heavy (non-hydrogen) atoms. The highest BCUT2D eigenvalue weighted by Gasteiger charge is 2.41. The highest BCUT2D eigenvalue weighted by molar-refractivity contribution is 5.72. The number of amides is 1. The number of aryl methyl sites for hydroxylation is 2. The normalized spacial score (nSPS) is 16.4. The summed E-state index contributed by atoms with van der Waals surface area (Å²) in [6.45, 7) is 13.7. The molecule has 0 radical (unpaired) electrons. The molecule has 0 bridgehead atoms. The Labute approximate surface area is 190 Å². The molecule has 2 aromatic rings. The predicted molar refractivity (Wildman–Crippen MR) is 133 cm³/mol. The van der Waals surface area contributed by atoms with Crippen LogP contribution in [0, 0.1) is 0 Å². The summed E-state index contributed by atoms with van der Waals surface area (Å²) in [5, 5.41) is 2.91. The van der Waals surface area contributed by atoms with E-state index in [0.717, 1.165) is 45.4 Å². The smallest absolute Gasteiger partial charge is 0.216 e. The van der Waals surface area contributed by atoms with Crippen molar-refractivity contribution in [2.75, 3.05) is 26.2 Å². The summed E-state index contributed by atoms with van der Waals surface area (Å²) >= 11 is 0. The molecule has 1 aliphatic heterocycles. The molecule has 3 nitrogen and oxygen atoms in total. The van der Waals surface area contributed by atoms with Crippen LogP contribution in [0.25, 0.3) is 0 Å². The second kappa shape index (κ2) is 12.7. The fourth-order valence-corrected chi connectivity index (χ4v) is 5.09. The maximum atomic E-state index is 11.0. The molecule has 1 N–H and O–H groups in total. The van der Waals surface area contributed by atoms with Crippen molar-refractivity contribution < 1.29 is 4.79 Å². The quantitative estimate of drug-likeness (QED) is 0.637. The van der Waals surface area contributed by atoms with Crippen LogP contribution in [-0.2, 0) is 23.1 Å². The molecule has 2 aromatic carbocycles. The SMILES string of the molecule is CC.CC.CC(=O)NCCCN1CCC2(CC1)c1ccccc1CCc1ccccc12. The van der Waals surface area contributed by atoms with Crippen molar-refractivity contribution in [2.24, 2.45) is 0 Å². The van der Waals surface area contributed by atoms with Crippen molar-refractivity contribution in [1.82, 2.24) is 10.2 Å². The van der Waals surface area contributed by atoms with Gasteiger partial charge in [0.2, 0.25) is 5.91 Å². The monoisotopic (exact) mass is 422 g/mol. The molecule has 1 heterocycles. The van der Waals surface area contributed by atoms with E-state index < -0.39 is 0 Å². The summed E-state index contributed by atoms with van der Waals surface area (Å²) in [5.74, 6) is 0.0688. The number of fused-ring (bicyclic) bond motifs is 4. The van der Waals surface area contributed by atoms with E-state index >= 15 is 0 Å². The van der Waals surface area contributed by atoms with Crippen LogP contribution < -0.4 is 5.32 Å². The molecular weight excluding hydrogens is 380 g/mol. The molecule has 0 unspecified atom stereocenters. The zero-order valence-electron chi connectivity index (χ0n) is 20.3. The van der Waals surface area contributed by atoms with Crippen LogP contribution in [0.2, 0.25) is 0 Å². The van der Waals surface area contributed by atoms with Gasteiger partial charge in [-0.25, -0.2) is 0 Å². The van der Waals surface area contributed by atoms with Gasteiger partial charge in [-0.3, -0.25) is 4.79 Å². The fraction of sp³-hybridized carbons (Fsp3) is 0.536. The van der Waals surface area contributed by atoms with Crippen LogP contribution >= 0.6 is 0 Å². The van der Waals surface area contributed by atoms with Crippen molar-refractivity contribution in [3.8, 4) is 0 Å². The topological polar surface area (TPSA) is 32.3 Å². The van der Waals surface area contributed by atoms with Gasteiger partial charge in [-0.05, 0) is 74.0 Å². The molecule has 0 atom stereocenters. The number of carbonyl (C=O) groups is 1. The second-order valence-corrected chi connectivity index (χ2v) is 8.07. The van der Waals surface area contributed by atoms with Crippen molar-refractivity contribution in [2.45, 2.75) is 72.1 Å². The maximum Gasteiger partial charge on any atom is 0.216 e. The number of hydrogen-bond acceptors (Lipinski definition) is 2. The van der Waals surface area contributed by atoms with Gasteiger partial charge in [0.1, 0.15) is 0 Å². The molecule has 1 aliphatic carbocycles. The lowest BCUT2D eigenvalue weighted by Crippen LogP contribution is -2.44. The number of piperidine rings is 1. The van der Waals surface area contributed by atoms with E-state index in [2.05, 4.69) is 58.7 Å². The highest BCUT2D eigenvalue weighted by Crippen LogP contribution is 2.46. The van der Waals surface area contributed by atoms with Gasteiger partial charge in [0.05, 0.1) is 0 Å². The van der Waals surface area contributed by atoms with E-state index in [9.17, 15) is 4.79 Å². The first-order valence-corrected chi connectivity index (χ1v) is 12.3. The Hall–Kier alpha value is -2.13. The standard InChI is InChI=1S/C24H30N2O.2C2H6/c1-19(27)25-15-6-16-26-17-13-24(14-18-26)22-9-4-2-7-20(22)11-12-21-8-3-5-10-23(21)24;2*1-2/h2-5,7-10H,6,11-18H2,1H3,(H,25,27);2*1-2H3. The predicted octanol–water partition coefficient (Wildman–Crippen LogP) is 5.75. The third-order valence-corrected chi connectivity index (χ3v) is 6.46. The Morgan fingerprint density at radius 1 is 0.871 bits per heavy atom. The summed E-state index contributed by atoms with van der Waals surface area (Å²) in [4.78, 5) is 13.6. The van der Waals surface area contributed by atoms with E-state index in [-0.39, 0.29) is 11.3 Å². The Kier molecular flexibility index (Phi) is 10.3. The fourth-order valence-electron chi connectivity index (χ4n) is 5.09. The van der Waals surface area contributed by atoms with Gasteiger partial charge in [-0.1, -0.05) is 76.2 Å². The van der Waals surface area contributed by atoms with Crippen LogP contribution in [-0.4, -0.2) is 37.0 Å². The largest absolute Gasteiger partial charge is 0.356 e. The molecule has 1 fully saturated rings. The lowest BCUT2D eigenvalue weighted by molar-refractivity contribution is -0.118. The summed E-state index contributed by atoms with van der Waals surface area (Å²) in [7, 11) is 0. The number of nitrogens with one attached hydrogen (secondary N) is 1. The Morgan fingerprint density at radius 2 is 1.35 bits per heavy atom. The minimum absolute atomic E-state index is 0.0688. The summed E-state index contributed by atoms with van der Waals surface area (Å²) in [5.41, 5.74) is 6.36. The molecule has 1 spiro atoms. The summed E-state index contributed by atoms with van der Waals surface area (Å²) < 4.78 is 0. The van der Waals surface area contributed by atoms with Gasteiger partial charge in [0.25, 0.3) is 0 Å². The number of nitrogens with zero attached hydrogens (tertiary/aromatic N) is 1. The van der Waals surface area contributed by atoms with Crippen LogP contribution in [0.1, 0.15) is 76.1 Å². The number of hydrogen-bond donors (Lipinski definition) is 1. The number of carbonyl (C=O) groups excluding carboxylic acids is 1. The highest BCUT2D eigenvalue weighted by atomic mass is 16.1. The van der Waals surface area contributed by atoms with E-state index in [1.54, 1.807) is 18.1 Å². The first kappa shape index (κ1) is 25.1. The molecule has 170 valence electrons. The van der Waals surface area contributed by atoms with Crippen molar-refractivity contribution in [1.29, 1.82) is 0 Å². The zero-order valence-corrected chi connectivity index (χ0v) is 20.3. The van der Waals surface area contributed by atoms with Gasteiger partial charge in [0, 0.05) is 18.9 Å². The van der Waals surface area contributed by atoms with Gasteiger partial charge in [0.15, 0.2) is 0 Å². The molecule has 1 amide bonds. The van der Waals surface area contributed by atoms with Crippen molar-refractivity contribution >= 4 is 5.91 Å². The lowest BCUT2D eigenvalue weighted by Gasteiger charge is -2.43. The summed E-state index contributed by atoms with van der Waals surface area (Å²) in [6, 6.07) is 18.3. The second-order valence-electron chi connectivity index (χ2n) is 8.07. The minimum Gasteiger partial charge on any atom is -0.356 e. The van der Waals surface area contributed by atoms with Crippen molar-refractivity contribution in [3.63, 3.8) is 0 Å². The average molecular weight is 423 g/mol. The van der Waals surface area contributed by atoms with Crippen LogP contribution in [0.15, 0.2) is 48.5 Å². The molecule has 0 saturated carbocycles. The van der Waals surface area contributed by atoms with Gasteiger partial charge in [-0.2, -0.15) is 0 Å². The molecule has 2 aliphatic rings. The van der Waals surface area contributed by atoms with Gasteiger partial charge in [-0.15, -0.1) is 0 Å². The first-order valence-electron chi connectivity index (χ1n) is 12.3. The first-order chi connectivity index (χ1) is 15.2. The molecule has 3 heteroatoms. The van der Waals surface area contributed by atoms with Gasteiger partial charge >= 0.3 is 0 Å². The van der Waals surface area contributed by atoms with Crippen LogP contribution in [0.4, 0.5) is 0 Å². The van der Waals surface area contributed by atoms with Gasteiger partial charge < -0.3 is 10.2 Å². The molecular formula is C28H42N2O. The Balaban J connectivity index is 0.000000807. The van der Waals surface area contributed by atoms with E-state index in [4.69, 9.17) is 0 Å². The summed E-state index contributed by atoms with van der Waals surface area (Å²) in [6.07, 6.45) is 5.69. The Morgan fingerprint density at radius 3 is 1.84 bits per heavy atom. The average Bonchev–Trinajstić information content (AvgIpc) is 2.96. The number of benzene rings is 2. The molecule has 0 aromatic heterocycles. The molecule has 4 rings (SSSR count). The van der Waals surface area contributed by atoms with Crippen molar-refractivity contribution in [3.05, 3.63) is 70.8 Å². The van der Waals surface area contributed by atoms with E-state index in [0.29, 0.717) is 0 Å². The molecule has 1 saturated heterocycles. The zero-order chi connectivity index (χ0) is 22.7. The third kappa shape index (κ3) is 5.98. The lowest BCUT2D eigenvalue weighted by atomic mass is 9.66. The minimum atomic E-state index is 0.0688.